The molecule has 0 aliphatic heterocycles. The van der Waals surface area contributed by atoms with E-state index < -0.39 is 9.84 Å². The molecule has 0 saturated heterocycles. The van der Waals surface area contributed by atoms with Crippen LogP contribution in [0.15, 0.2) is 24.3 Å². The minimum Gasteiger partial charge on any atom is -0.491 e. The molecule has 1 aromatic rings. The SMILES string of the molecule is CC(C)Oc1cccc(CNCCS(C)(=O)=O)c1. The summed E-state index contributed by atoms with van der Waals surface area (Å²) in [6, 6.07) is 7.80. The Hall–Kier alpha value is -1.07. The lowest BCUT2D eigenvalue weighted by Crippen LogP contribution is -2.21. The fourth-order valence-corrected chi connectivity index (χ4v) is 2.01. The lowest BCUT2D eigenvalue weighted by Gasteiger charge is -2.11. The van der Waals surface area contributed by atoms with E-state index in [0.717, 1.165) is 11.3 Å². The van der Waals surface area contributed by atoms with Gasteiger partial charge < -0.3 is 10.1 Å². The van der Waals surface area contributed by atoms with Gasteiger partial charge in [-0.25, -0.2) is 8.42 Å². The molecule has 0 aliphatic carbocycles. The Morgan fingerprint density at radius 3 is 2.67 bits per heavy atom. The largest absolute Gasteiger partial charge is 0.491 e. The van der Waals surface area contributed by atoms with Crippen molar-refractivity contribution in [3.8, 4) is 5.75 Å². The molecule has 0 radical (unpaired) electrons. The highest BCUT2D eigenvalue weighted by Crippen LogP contribution is 2.14. The third kappa shape index (κ3) is 6.61. The molecule has 0 bridgehead atoms. The zero-order valence-corrected chi connectivity index (χ0v) is 12.0. The first kappa shape index (κ1) is 15.0. The Labute approximate surface area is 109 Å². The number of hydrogen-bond acceptors (Lipinski definition) is 4. The number of sulfone groups is 1. The fourth-order valence-electron chi connectivity index (χ4n) is 1.49. The summed E-state index contributed by atoms with van der Waals surface area (Å²) in [4.78, 5) is 0. The topological polar surface area (TPSA) is 55.4 Å². The van der Waals surface area contributed by atoms with E-state index in [1.807, 2.05) is 38.1 Å². The Balaban J connectivity index is 2.43. The third-order valence-electron chi connectivity index (χ3n) is 2.25. The van der Waals surface area contributed by atoms with Crippen LogP contribution < -0.4 is 10.1 Å². The summed E-state index contributed by atoms with van der Waals surface area (Å²) in [6.45, 7) is 5.08. The van der Waals surface area contributed by atoms with Crippen LogP contribution >= 0.6 is 0 Å². The minimum absolute atomic E-state index is 0.151. The second kappa shape index (κ2) is 6.75. The molecule has 0 saturated carbocycles. The fraction of sp³-hybridized carbons (Fsp3) is 0.538. The summed E-state index contributed by atoms with van der Waals surface area (Å²) in [5.41, 5.74) is 1.08. The van der Waals surface area contributed by atoms with Crippen molar-refractivity contribution >= 4 is 9.84 Å². The van der Waals surface area contributed by atoms with E-state index in [0.29, 0.717) is 13.1 Å². The summed E-state index contributed by atoms with van der Waals surface area (Å²) in [7, 11) is -2.89. The van der Waals surface area contributed by atoms with E-state index in [1.54, 1.807) is 0 Å². The molecule has 102 valence electrons. The van der Waals surface area contributed by atoms with E-state index in [9.17, 15) is 8.42 Å². The van der Waals surface area contributed by atoms with Crippen molar-refractivity contribution in [2.75, 3.05) is 18.6 Å². The monoisotopic (exact) mass is 271 g/mol. The summed E-state index contributed by atoms with van der Waals surface area (Å²) in [6.07, 6.45) is 1.39. The van der Waals surface area contributed by atoms with Gasteiger partial charge in [0.2, 0.25) is 0 Å². The Kier molecular flexibility index (Phi) is 5.62. The summed E-state index contributed by atoms with van der Waals surface area (Å²) in [5.74, 6) is 1.00. The Bertz CT molecular complexity index is 469. The number of hydrogen-bond donors (Lipinski definition) is 1. The van der Waals surface area contributed by atoms with E-state index in [1.165, 1.54) is 6.26 Å². The van der Waals surface area contributed by atoms with Crippen molar-refractivity contribution in [3.63, 3.8) is 0 Å². The second-order valence-corrected chi connectivity index (χ2v) is 6.88. The molecule has 0 spiro atoms. The van der Waals surface area contributed by atoms with Crippen molar-refractivity contribution in [2.24, 2.45) is 0 Å². The van der Waals surface area contributed by atoms with E-state index in [2.05, 4.69) is 5.32 Å². The van der Waals surface area contributed by atoms with Gasteiger partial charge in [0, 0.05) is 19.3 Å². The second-order valence-electron chi connectivity index (χ2n) is 4.62. The van der Waals surface area contributed by atoms with Gasteiger partial charge >= 0.3 is 0 Å². The standard InChI is InChI=1S/C13H21NO3S/c1-11(2)17-13-6-4-5-12(9-13)10-14-7-8-18(3,15)16/h4-6,9,11,14H,7-8,10H2,1-3H3. The van der Waals surface area contributed by atoms with Gasteiger partial charge in [-0.15, -0.1) is 0 Å². The van der Waals surface area contributed by atoms with Crippen LogP contribution in [-0.4, -0.2) is 33.1 Å². The molecule has 0 aromatic heterocycles. The highest BCUT2D eigenvalue weighted by atomic mass is 32.2. The predicted molar refractivity (Wildman–Crippen MR) is 73.6 cm³/mol. The zero-order chi connectivity index (χ0) is 13.6. The number of benzene rings is 1. The van der Waals surface area contributed by atoms with Crippen molar-refractivity contribution in [3.05, 3.63) is 29.8 Å². The first-order valence-corrected chi connectivity index (χ1v) is 8.07. The number of ether oxygens (including phenoxy) is 1. The molecule has 0 fully saturated rings. The number of rotatable bonds is 7. The Morgan fingerprint density at radius 1 is 1.33 bits per heavy atom. The Morgan fingerprint density at radius 2 is 2.06 bits per heavy atom. The molecule has 4 nitrogen and oxygen atoms in total. The normalized spacial score (nSPS) is 11.8. The van der Waals surface area contributed by atoms with Gasteiger partial charge in [0.25, 0.3) is 0 Å². The van der Waals surface area contributed by atoms with Gasteiger partial charge in [-0.2, -0.15) is 0 Å². The van der Waals surface area contributed by atoms with Crippen molar-refractivity contribution in [1.29, 1.82) is 0 Å². The summed E-state index contributed by atoms with van der Waals surface area (Å²) >= 11 is 0. The quantitative estimate of drug-likeness (QED) is 0.766. The summed E-state index contributed by atoms with van der Waals surface area (Å²) in [5, 5.41) is 3.10. The summed E-state index contributed by atoms with van der Waals surface area (Å²) < 4.78 is 27.5. The van der Waals surface area contributed by atoms with Crippen molar-refractivity contribution in [2.45, 2.75) is 26.5 Å². The molecular weight excluding hydrogens is 250 g/mol. The highest BCUT2D eigenvalue weighted by molar-refractivity contribution is 7.90. The molecule has 1 N–H and O–H groups in total. The molecular formula is C13H21NO3S. The van der Waals surface area contributed by atoms with Crippen LogP contribution in [0.5, 0.6) is 5.75 Å². The zero-order valence-electron chi connectivity index (χ0n) is 11.1. The van der Waals surface area contributed by atoms with Crippen molar-refractivity contribution in [1.82, 2.24) is 5.32 Å². The lowest BCUT2D eigenvalue weighted by molar-refractivity contribution is 0.242. The maximum atomic E-state index is 11.0. The van der Waals surface area contributed by atoms with E-state index in [-0.39, 0.29) is 11.9 Å². The van der Waals surface area contributed by atoms with Gasteiger partial charge in [0.05, 0.1) is 11.9 Å². The predicted octanol–water partition coefficient (Wildman–Crippen LogP) is 1.61. The molecule has 0 atom stereocenters. The van der Waals surface area contributed by atoms with Gasteiger partial charge in [-0.3, -0.25) is 0 Å². The van der Waals surface area contributed by atoms with Crippen LogP contribution in [0.1, 0.15) is 19.4 Å². The molecule has 1 rings (SSSR count). The lowest BCUT2D eigenvalue weighted by atomic mass is 10.2. The van der Waals surface area contributed by atoms with Gasteiger partial charge in [0.15, 0.2) is 0 Å². The van der Waals surface area contributed by atoms with Gasteiger partial charge in [0.1, 0.15) is 15.6 Å². The maximum Gasteiger partial charge on any atom is 0.148 e. The molecule has 0 aliphatic rings. The first-order chi connectivity index (χ1) is 8.37. The average molecular weight is 271 g/mol. The first-order valence-electron chi connectivity index (χ1n) is 6.01. The number of nitrogens with one attached hydrogen (secondary N) is 1. The highest BCUT2D eigenvalue weighted by Gasteiger charge is 2.02. The molecule has 0 amide bonds. The molecule has 0 heterocycles. The van der Waals surface area contributed by atoms with Crippen LogP contribution in [0.4, 0.5) is 0 Å². The molecule has 5 heteroatoms. The van der Waals surface area contributed by atoms with Crippen LogP contribution in [0.2, 0.25) is 0 Å². The molecule has 18 heavy (non-hydrogen) atoms. The van der Waals surface area contributed by atoms with Gasteiger partial charge in [-0.05, 0) is 31.5 Å². The smallest absolute Gasteiger partial charge is 0.148 e. The van der Waals surface area contributed by atoms with Crippen molar-refractivity contribution < 1.29 is 13.2 Å². The van der Waals surface area contributed by atoms with Gasteiger partial charge in [-0.1, -0.05) is 12.1 Å². The average Bonchev–Trinajstić information content (AvgIpc) is 2.23. The van der Waals surface area contributed by atoms with E-state index in [4.69, 9.17) is 4.74 Å². The molecule has 1 aromatic carbocycles. The molecule has 0 unspecified atom stereocenters. The van der Waals surface area contributed by atoms with Crippen LogP contribution in [0, 0.1) is 0 Å². The van der Waals surface area contributed by atoms with Crippen LogP contribution in [-0.2, 0) is 16.4 Å². The van der Waals surface area contributed by atoms with Crippen LogP contribution in [0.25, 0.3) is 0 Å². The van der Waals surface area contributed by atoms with E-state index >= 15 is 0 Å². The minimum atomic E-state index is -2.89. The maximum absolute atomic E-state index is 11.0. The van der Waals surface area contributed by atoms with Crippen LogP contribution in [0.3, 0.4) is 0 Å². The third-order valence-corrected chi connectivity index (χ3v) is 3.19.